The molecule has 0 amide bonds. The summed E-state index contributed by atoms with van der Waals surface area (Å²) in [5.74, 6) is 0.0454. The lowest BCUT2D eigenvalue weighted by Gasteiger charge is -2.36. The molecular weight excluding hydrogens is 436 g/mol. The largest absolute Gasteiger partial charge is 0.503 e. The van der Waals surface area contributed by atoms with Crippen LogP contribution in [-0.2, 0) is 0 Å². The molecule has 1 fully saturated rings. The highest BCUT2D eigenvalue weighted by Gasteiger charge is 2.36. The van der Waals surface area contributed by atoms with Gasteiger partial charge < -0.3 is 15.2 Å². The van der Waals surface area contributed by atoms with Gasteiger partial charge in [-0.1, -0.05) is 0 Å². The number of rotatable bonds is 4. The van der Waals surface area contributed by atoms with Crippen LogP contribution in [0.1, 0.15) is 18.0 Å². The number of hydrogen-bond acceptors (Lipinski definition) is 4. The van der Waals surface area contributed by atoms with E-state index in [4.69, 9.17) is 4.74 Å². The van der Waals surface area contributed by atoms with Crippen molar-refractivity contribution in [2.45, 2.75) is 18.6 Å². The minimum Gasteiger partial charge on any atom is -0.503 e. The summed E-state index contributed by atoms with van der Waals surface area (Å²) < 4.78 is 44.3. The summed E-state index contributed by atoms with van der Waals surface area (Å²) in [6.07, 6.45) is -5.21. The molecule has 140 valence electrons. The first-order valence-corrected chi connectivity index (χ1v) is 7.69. The Morgan fingerprint density at radius 1 is 1.29 bits per heavy atom. The van der Waals surface area contributed by atoms with Gasteiger partial charge in [-0.15, -0.1) is 24.8 Å². The normalized spacial score (nSPS) is 16.7. The number of phenols is 1. The van der Waals surface area contributed by atoms with Crippen LogP contribution in [0.25, 0.3) is 0 Å². The van der Waals surface area contributed by atoms with Crippen LogP contribution >= 0.6 is 40.7 Å². The van der Waals surface area contributed by atoms with Crippen LogP contribution in [0.2, 0.25) is 0 Å². The van der Waals surface area contributed by atoms with Crippen molar-refractivity contribution in [2.24, 2.45) is 0 Å². The lowest BCUT2D eigenvalue weighted by Crippen LogP contribution is -2.46. The van der Waals surface area contributed by atoms with E-state index in [1.807, 2.05) is 4.90 Å². The van der Waals surface area contributed by atoms with Gasteiger partial charge in [0.25, 0.3) is 0 Å². The fourth-order valence-corrected chi connectivity index (χ4v) is 3.07. The third kappa shape index (κ3) is 6.15. The van der Waals surface area contributed by atoms with Crippen molar-refractivity contribution in [3.8, 4) is 11.5 Å². The molecule has 1 aliphatic heterocycles. The van der Waals surface area contributed by atoms with Crippen LogP contribution < -0.4 is 10.1 Å². The molecular formula is C14H20BrCl2F3N2O2. The summed E-state index contributed by atoms with van der Waals surface area (Å²) in [5, 5.41) is 13.0. The first kappa shape index (κ1) is 23.6. The number of alkyl halides is 3. The van der Waals surface area contributed by atoms with Crippen molar-refractivity contribution in [3.63, 3.8) is 0 Å². The van der Waals surface area contributed by atoms with Gasteiger partial charge in [-0.05, 0) is 33.6 Å². The topological polar surface area (TPSA) is 44.7 Å². The summed E-state index contributed by atoms with van der Waals surface area (Å²) in [6, 6.07) is 2.20. The van der Waals surface area contributed by atoms with E-state index in [9.17, 15) is 18.3 Å². The molecule has 1 saturated heterocycles. The molecule has 0 aliphatic carbocycles. The number of phenolic OH excluding ortho intramolecular Hbond substituents is 1. The number of ether oxygens (including phenoxy) is 1. The van der Waals surface area contributed by atoms with Gasteiger partial charge in [-0.25, -0.2) is 0 Å². The highest BCUT2D eigenvalue weighted by Crippen LogP contribution is 2.41. The third-order valence-corrected chi connectivity index (χ3v) is 4.28. The molecule has 0 unspecified atom stereocenters. The average molecular weight is 456 g/mol. The maximum atomic E-state index is 13.0. The lowest BCUT2D eigenvalue weighted by molar-refractivity contribution is -0.148. The van der Waals surface area contributed by atoms with Crippen molar-refractivity contribution in [2.75, 3.05) is 33.3 Å². The zero-order valence-electron chi connectivity index (χ0n) is 12.9. The number of nitrogens with zero attached hydrogens (tertiary/aromatic N) is 1. The van der Waals surface area contributed by atoms with Gasteiger partial charge in [0.1, 0.15) is 0 Å². The summed E-state index contributed by atoms with van der Waals surface area (Å²) >= 11 is 3.17. The molecule has 24 heavy (non-hydrogen) atoms. The second-order valence-electron chi connectivity index (χ2n) is 5.17. The number of nitrogens with one attached hydrogen (secondary N) is 1. The number of halogens is 6. The van der Waals surface area contributed by atoms with E-state index in [2.05, 4.69) is 21.2 Å². The van der Waals surface area contributed by atoms with E-state index in [0.29, 0.717) is 36.2 Å². The minimum absolute atomic E-state index is 0. The molecule has 0 radical (unpaired) electrons. The Hall–Kier alpha value is -0.410. The summed E-state index contributed by atoms with van der Waals surface area (Å²) in [4.78, 5) is 1.81. The Morgan fingerprint density at radius 3 is 2.38 bits per heavy atom. The Kier molecular flexibility index (Phi) is 9.74. The van der Waals surface area contributed by atoms with Gasteiger partial charge in [-0.3, -0.25) is 4.90 Å². The van der Waals surface area contributed by atoms with E-state index >= 15 is 0 Å². The van der Waals surface area contributed by atoms with Crippen LogP contribution in [0.4, 0.5) is 13.2 Å². The van der Waals surface area contributed by atoms with Crippen molar-refractivity contribution in [1.82, 2.24) is 10.2 Å². The molecule has 0 aromatic heterocycles. The highest BCUT2D eigenvalue weighted by atomic mass is 79.9. The van der Waals surface area contributed by atoms with Gasteiger partial charge in [0.05, 0.1) is 18.0 Å². The van der Waals surface area contributed by atoms with Crippen molar-refractivity contribution < 1.29 is 23.0 Å². The SMILES string of the molecule is COc1cc([C@@H](CC(F)(F)F)N2CCNCC2)cc(Br)c1O.Cl.Cl. The number of aromatic hydroxyl groups is 1. The molecule has 0 bridgehead atoms. The molecule has 0 spiro atoms. The van der Waals surface area contributed by atoms with Crippen molar-refractivity contribution in [3.05, 3.63) is 22.2 Å². The fourth-order valence-electron chi connectivity index (χ4n) is 2.61. The van der Waals surface area contributed by atoms with Gasteiger partial charge in [0.15, 0.2) is 11.5 Å². The predicted octanol–water partition coefficient (Wildman–Crippen LogP) is 3.91. The highest BCUT2D eigenvalue weighted by molar-refractivity contribution is 9.10. The molecule has 1 aromatic carbocycles. The standard InChI is InChI=1S/C14H18BrF3N2O2.2ClH/c1-22-12-7-9(6-10(15)13(12)21)11(8-14(16,17)18)20-4-2-19-3-5-20;;/h6-7,11,19,21H,2-5,8H2,1H3;2*1H/t11-;;/m1../s1. The Morgan fingerprint density at radius 2 is 1.88 bits per heavy atom. The zero-order valence-corrected chi connectivity index (χ0v) is 16.1. The maximum absolute atomic E-state index is 13.0. The first-order valence-electron chi connectivity index (χ1n) is 6.89. The van der Waals surface area contributed by atoms with Gasteiger partial charge in [-0.2, -0.15) is 13.2 Å². The molecule has 2 N–H and O–H groups in total. The number of benzene rings is 1. The van der Waals surface area contributed by atoms with E-state index < -0.39 is 18.6 Å². The van der Waals surface area contributed by atoms with Gasteiger partial charge in [0.2, 0.25) is 0 Å². The Bertz CT molecular complexity index is 529. The Labute approximate surface area is 159 Å². The van der Waals surface area contributed by atoms with E-state index in [0.717, 1.165) is 0 Å². The van der Waals surface area contributed by atoms with E-state index in [-0.39, 0.29) is 36.3 Å². The van der Waals surface area contributed by atoms with Crippen molar-refractivity contribution >= 4 is 40.7 Å². The minimum atomic E-state index is -4.27. The van der Waals surface area contributed by atoms with Crippen LogP contribution in [0.3, 0.4) is 0 Å². The molecule has 2 rings (SSSR count). The summed E-state index contributed by atoms with van der Waals surface area (Å²) in [6.45, 7) is 2.40. The molecule has 1 aliphatic rings. The van der Waals surface area contributed by atoms with Gasteiger partial charge >= 0.3 is 6.18 Å². The van der Waals surface area contributed by atoms with Crippen LogP contribution in [0, 0.1) is 0 Å². The lowest BCUT2D eigenvalue weighted by atomic mass is 10.00. The molecule has 1 heterocycles. The van der Waals surface area contributed by atoms with E-state index in [1.54, 1.807) is 0 Å². The quantitative estimate of drug-likeness (QED) is 0.722. The summed E-state index contributed by atoms with van der Waals surface area (Å²) in [7, 11) is 1.37. The third-order valence-electron chi connectivity index (χ3n) is 3.67. The maximum Gasteiger partial charge on any atom is 0.390 e. The number of hydrogen-bond donors (Lipinski definition) is 2. The van der Waals surface area contributed by atoms with Crippen LogP contribution in [0.5, 0.6) is 11.5 Å². The molecule has 10 heteroatoms. The van der Waals surface area contributed by atoms with Gasteiger partial charge in [0, 0.05) is 32.2 Å². The Balaban J connectivity index is 0.00000264. The van der Waals surface area contributed by atoms with E-state index in [1.165, 1.54) is 19.2 Å². The first-order chi connectivity index (χ1) is 10.3. The number of methoxy groups -OCH3 is 1. The number of piperazine rings is 1. The zero-order chi connectivity index (χ0) is 16.3. The second-order valence-corrected chi connectivity index (χ2v) is 6.03. The summed E-state index contributed by atoms with van der Waals surface area (Å²) in [5.41, 5.74) is 0.473. The fraction of sp³-hybridized carbons (Fsp3) is 0.571. The monoisotopic (exact) mass is 454 g/mol. The molecule has 1 aromatic rings. The molecule has 4 nitrogen and oxygen atoms in total. The molecule has 1 atom stereocenters. The average Bonchev–Trinajstić information content (AvgIpc) is 2.47. The second kappa shape index (κ2) is 9.91. The van der Waals surface area contributed by atoms with Crippen LogP contribution in [0.15, 0.2) is 16.6 Å². The molecule has 0 saturated carbocycles. The smallest absolute Gasteiger partial charge is 0.390 e. The van der Waals surface area contributed by atoms with Crippen molar-refractivity contribution in [1.29, 1.82) is 0 Å². The predicted molar refractivity (Wildman–Crippen MR) is 94.7 cm³/mol. The van der Waals surface area contributed by atoms with Crippen LogP contribution in [-0.4, -0.2) is 49.5 Å².